The molecule has 2 aromatic carbocycles. The van der Waals surface area contributed by atoms with E-state index in [0.29, 0.717) is 17.7 Å². The van der Waals surface area contributed by atoms with Crippen molar-refractivity contribution >= 4 is 17.8 Å². The summed E-state index contributed by atoms with van der Waals surface area (Å²) < 4.78 is 5.58. The molecule has 8 heteroatoms. The molecule has 0 saturated carbocycles. The molecule has 1 atom stereocenters. The van der Waals surface area contributed by atoms with Gasteiger partial charge in [-0.05, 0) is 43.6 Å². The highest BCUT2D eigenvalue weighted by Gasteiger charge is 2.30. The number of imide groups is 1. The predicted molar refractivity (Wildman–Crippen MR) is 119 cm³/mol. The number of carbonyl (C=O) groups is 3. The van der Waals surface area contributed by atoms with E-state index in [-0.39, 0.29) is 30.9 Å². The number of rotatable bonds is 8. The first-order valence-electron chi connectivity index (χ1n) is 10.9. The Bertz CT molecular complexity index is 987. The number of para-hydroxylation sites is 1. The summed E-state index contributed by atoms with van der Waals surface area (Å²) in [5, 5.41) is 5.58. The van der Waals surface area contributed by atoms with Crippen molar-refractivity contribution in [3.8, 4) is 5.75 Å². The number of ether oxygens (including phenoxy) is 1. The third-order valence-electron chi connectivity index (χ3n) is 6.06. The van der Waals surface area contributed by atoms with Crippen LogP contribution >= 0.6 is 0 Å². The van der Waals surface area contributed by atoms with Gasteiger partial charge in [0.25, 0.3) is 5.91 Å². The molecule has 4 rings (SSSR count). The van der Waals surface area contributed by atoms with E-state index in [1.165, 1.54) is 0 Å². The second-order valence-electron chi connectivity index (χ2n) is 8.01. The Morgan fingerprint density at radius 1 is 1.09 bits per heavy atom. The molecule has 2 heterocycles. The monoisotopic (exact) mass is 436 g/mol. The number of urea groups is 1. The van der Waals surface area contributed by atoms with Gasteiger partial charge in [-0.1, -0.05) is 36.4 Å². The number of nitrogens with one attached hydrogen (secondary N) is 2. The summed E-state index contributed by atoms with van der Waals surface area (Å²) in [5.74, 6) is 0.278. The first kappa shape index (κ1) is 21.8. The standard InChI is InChI=1S/C24H28N4O4/c1-32-21-11-5-4-10-19(21)20(27-12-6-7-13-27)14-25-23(30)18-9-3-2-8-17(18)16-28-22(29)15-26-24(28)31/h2-5,8-11,20H,6-7,12-16H2,1H3,(H,25,30)(H,26,31). The first-order chi connectivity index (χ1) is 15.6. The zero-order chi connectivity index (χ0) is 22.5. The first-order valence-corrected chi connectivity index (χ1v) is 10.9. The van der Waals surface area contributed by atoms with Crippen LogP contribution in [-0.4, -0.2) is 60.9 Å². The SMILES string of the molecule is COc1ccccc1C(CNC(=O)c1ccccc1CN1C(=O)CNC1=O)N1CCCC1. The second-order valence-corrected chi connectivity index (χ2v) is 8.01. The number of methoxy groups -OCH3 is 1. The molecule has 2 saturated heterocycles. The Morgan fingerprint density at radius 3 is 2.53 bits per heavy atom. The molecule has 32 heavy (non-hydrogen) atoms. The lowest BCUT2D eigenvalue weighted by Gasteiger charge is -2.29. The minimum atomic E-state index is -0.435. The normalized spacial score (nSPS) is 17.3. The molecule has 2 aliphatic heterocycles. The molecule has 0 bridgehead atoms. The summed E-state index contributed by atoms with van der Waals surface area (Å²) in [7, 11) is 1.66. The van der Waals surface area contributed by atoms with Crippen LogP contribution in [-0.2, 0) is 11.3 Å². The number of nitrogens with zero attached hydrogens (tertiary/aromatic N) is 2. The van der Waals surface area contributed by atoms with Crippen molar-refractivity contribution in [2.45, 2.75) is 25.4 Å². The molecule has 2 aliphatic rings. The van der Waals surface area contributed by atoms with E-state index >= 15 is 0 Å². The molecule has 0 radical (unpaired) electrons. The summed E-state index contributed by atoms with van der Waals surface area (Å²) in [5.41, 5.74) is 2.13. The Labute approximate surface area is 187 Å². The zero-order valence-electron chi connectivity index (χ0n) is 18.2. The maximum Gasteiger partial charge on any atom is 0.324 e. The third kappa shape index (κ3) is 4.60. The van der Waals surface area contributed by atoms with Gasteiger partial charge < -0.3 is 15.4 Å². The van der Waals surface area contributed by atoms with Gasteiger partial charge in [-0.25, -0.2) is 4.79 Å². The maximum atomic E-state index is 13.1. The van der Waals surface area contributed by atoms with E-state index in [9.17, 15) is 14.4 Å². The van der Waals surface area contributed by atoms with Crippen LogP contribution in [0.25, 0.3) is 0 Å². The summed E-state index contributed by atoms with van der Waals surface area (Å²) >= 11 is 0. The van der Waals surface area contributed by atoms with Crippen LogP contribution in [0, 0.1) is 0 Å². The number of amides is 4. The average Bonchev–Trinajstić information content (AvgIpc) is 3.46. The van der Waals surface area contributed by atoms with Gasteiger partial charge in [-0.15, -0.1) is 0 Å². The summed E-state index contributed by atoms with van der Waals surface area (Å²) in [6, 6.07) is 14.5. The van der Waals surface area contributed by atoms with E-state index in [1.54, 1.807) is 31.4 Å². The fraction of sp³-hybridized carbons (Fsp3) is 0.375. The van der Waals surface area contributed by atoms with Gasteiger partial charge in [0, 0.05) is 17.7 Å². The van der Waals surface area contributed by atoms with Crippen molar-refractivity contribution in [2.75, 3.05) is 33.3 Å². The highest BCUT2D eigenvalue weighted by molar-refractivity contribution is 6.02. The molecule has 4 amide bonds. The molecule has 168 valence electrons. The third-order valence-corrected chi connectivity index (χ3v) is 6.06. The fourth-order valence-electron chi connectivity index (χ4n) is 4.38. The van der Waals surface area contributed by atoms with Crippen LogP contribution in [0.5, 0.6) is 5.75 Å². The maximum absolute atomic E-state index is 13.1. The lowest BCUT2D eigenvalue weighted by atomic mass is 10.0. The molecule has 0 aliphatic carbocycles. The minimum Gasteiger partial charge on any atom is -0.496 e. The van der Waals surface area contributed by atoms with Crippen molar-refractivity contribution in [1.82, 2.24) is 20.4 Å². The van der Waals surface area contributed by atoms with E-state index in [0.717, 1.165) is 42.1 Å². The van der Waals surface area contributed by atoms with Gasteiger partial charge in [0.2, 0.25) is 5.91 Å². The molecule has 2 N–H and O–H groups in total. The minimum absolute atomic E-state index is 0.00398. The Hall–Kier alpha value is -3.39. The highest BCUT2D eigenvalue weighted by atomic mass is 16.5. The molecular formula is C24H28N4O4. The van der Waals surface area contributed by atoms with Gasteiger partial charge >= 0.3 is 6.03 Å². The van der Waals surface area contributed by atoms with Crippen molar-refractivity contribution in [2.24, 2.45) is 0 Å². The molecule has 0 aromatic heterocycles. The summed E-state index contributed by atoms with van der Waals surface area (Å²) in [6.45, 7) is 2.43. The topological polar surface area (TPSA) is 91.0 Å². The summed E-state index contributed by atoms with van der Waals surface area (Å²) in [6.07, 6.45) is 2.27. The number of hydrogen-bond donors (Lipinski definition) is 2. The Balaban J connectivity index is 1.51. The van der Waals surface area contributed by atoms with E-state index < -0.39 is 6.03 Å². The predicted octanol–water partition coefficient (Wildman–Crippen LogP) is 2.31. The number of benzene rings is 2. The van der Waals surface area contributed by atoms with Crippen LogP contribution in [0.3, 0.4) is 0 Å². The van der Waals surface area contributed by atoms with Crippen molar-refractivity contribution < 1.29 is 19.1 Å². The molecule has 8 nitrogen and oxygen atoms in total. The lowest BCUT2D eigenvalue weighted by molar-refractivity contribution is -0.125. The average molecular weight is 437 g/mol. The smallest absolute Gasteiger partial charge is 0.324 e. The van der Waals surface area contributed by atoms with Crippen LogP contribution in [0.2, 0.25) is 0 Å². The van der Waals surface area contributed by atoms with E-state index in [4.69, 9.17) is 4.74 Å². The number of carbonyl (C=O) groups excluding carboxylic acids is 3. The fourth-order valence-corrected chi connectivity index (χ4v) is 4.38. The molecule has 0 spiro atoms. The van der Waals surface area contributed by atoms with Gasteiger partial charge in [0.05, 0.1) is 26.2 Å². The van der Waals surface area contributed by atoms with Crippen molar-refractivity contribution in [3.05, 3.63) is 65.2 Å². The number of hydrogen-bond acceptors (Lipinski definition) is 5. The quantitative estimate of drug-likeness (QED) is 0.620. The Morgan fingerprint density at radius 2 is 1.81 bits per heavy atom. The molecule has 2 aromatic rings. The van der Waals surface area contributed by atoms with Gasteiger partial charge in [0.15, 0.2) is 0 Å². The number of likely N-dealkylation sites (tertiary alicyclic amines) is 1. The van der Waals surface area contributed by atoms with Gasteiger partial charge in [-0.3, -0.25) is 19.4 Å². The van der Waals surface area contributed by atoms with Gasteiger partial charge in [-0.2, -0.15) is 0 Å². The lowest BCUT2D eigenvalue weighted by Crippen LogP contribution is -2.37. The van der Waals surface area contributed by atoms with E-state index in [2.05, 4.69) is 15.5 Å². The molecule has 2 fully saturated rings. The van der Waals surface area contributed by atoms with Crippen LogP contribution in [0.4, 0.5) is 4.79 Å². The highest BCUT2D eigenvalue weighted by Crippen LogP contribution is 2.31. The van der Waals surface area contributed by atoms with Crippen LogP contribution in [0.1, 0.15) is 40.4 Å². The second kappa shape index (κ2) is 9.82. The van der Waals surface area contributed by atoms with Crippen molar-refractivity contribution in [1.29, 1.82) is 0 Å². The Kier molecular flexibility index (Phi) is 6.70. The van der Waals surface area contributed by atoms with Crippen LogP contribution < -0.4 is 15.4 Å². The van der Waals surface area contributed by atoms with Crippen molar-refractivity contribution in [3.63, 3.8) is 0 Å². The largest absolute Gasteiger partial charge is 0.496 e. The van der Waals surface area contributed by atoms with Gasteiger partial charge in [0.1, 0.15) is 5.75 Å². The zero-order valence-corrected chi connectivity index (χ0v) is 18.2. The molecule has 1 unspecified atom stereocenters. The van der Waals surface area contributed by atoms with Crippen LogP contribution in [0.15, 0.2) is 48.5 Å². The van der Waals surface area contributed by atoms with E-state index in [1.807, 2.05) is 24.3 Å². The molecular weight excluding hydrogens is 408 g/mol. The summed E-state index contributed by atoms with van der Waals surface area (Å²) in [4.78, 5) is 40.5.